The van der Waals surface area contributed by atoms with E-state index in [4.69, 9.17) is 23.8 Å². The van der Waals surface area contributed by atoms with Crippen LogP contribution in [0.4, 0.5) is 15.4 Å². The number of hydroxylamine groups is 2. The quantitative estimate of drug-likeness (QED) is 0.0507. The van der Waals surface area contributed by atoms with E-state index >= 15 is 0 Å². The van der Waals surface area contributed by atoms with E-state index in [0.717, 1.165) is 11.1 Å². The number of benzene rings is 2. The van der Waals surface area contributed by atoms with Gasteiger partial charge in [0.25, 0.3) is 17.6 Å². The number of ether oxygens (including phenoxy) is 4. The number of esters is 1. The Labute approximate surface area is 368 Å². The Morgan fingerprint density at radius 2 is 1.27 bits per heavy atom. The van der Waals surface area contributed by atoms with Crippen LogP contribution in [0.5, 0.6) is 5.75 Å². The zero-order valence-corrected chi connectivity index (χ0v) is 38.0. The average Bonchev–Trinajstić information content (AvgIpc) is 3.36. The van der Waals surface area contributed by atoms with Crippen molar-refractivity contribution in [3.05, 3.63) is 78.0 Å². The van der Waals surface area contributed by atoms with Gasteiger partial charge in [-0.05, 0) is 117 Å². The molecule has 2 unspecified atom stereocenters. The number of hydrogen-bond donors (Lipinski definition) is 3. The molecule has 5 amide bonds. The molecule has 2 aromatic carbocycles. The highest BCUT2D eigenvalue weighted by Crippen LogP contribution is 2.26. The molecule has 3 aromatic rings. The third-order valence-electron chi connectivity index (χ3n) is 8.23. The van der Waals surface area contributed by atoms with E-state index in [2.05, 4.69) is 16.0 Å². The van der Waals surface area contributed by atoms with Crippen molar-refractivity contribution in [2.24, 2.45) is 7.05 Å². The summed E-state index contributed by atoms with van der Waals surface area (Å²) in [6.45, 7) is 15.5. The van der Waals surface area contributed by atoms with E-state index in [-0.39, 0.29) is 48.1 Å². The Bertz CT molecular complexity index is 1990. The first-order valence-electron chi connectivity index (χ1n) is 19.4. The number of unbranched alkanes of at least 4 members (excludes halogenated alkanes) is 1. The molecule has 17 heteroatoms. The SMILES string of the molecule is C[n+]1cc(-c2ccc(OCC(ON3C(=O)c4ccccc4C3=O)C(=O)OC(C)(C)C)cc2)ccc1NC(=O)C(CCCCNC(=O)OC(C)(C)C)NC(=O)OC(C)(C)C.[I-]. The van der Waals surface area contributed by atoms with Crippen LogP contribution in [0.3, 0.4) is 0 Å². The molecule has 2 heterocycles. The van der Waals surface area contributed by atoms with E-state index in [1.54, 1.807) is 116 Å². The Morgan fingerprint density at radius 3 is 1.82 bits per heavy atom. The zero-order chi connectivity index (χ0) is 43.7. The third kappa shape index (κ3) is 15.1. The lowest BCUT2D eigenvalue weighted by molar-refractivity contribution is -0.656. The Morgan fingerprint density at radius 1 is 0.717 bits per heavy atom. The van der Waals surface area contributed by atoms with Gasteiger partial charge in [-0.3, -0.25) is 9.59 Å². The molecule has 0 saturated heterocycles. The normalized spacial score (nSPS) is 13.6. The first-order chi connectivity index (χ1) is 27.5. The predicted octanol–water partition coefficient (Wildman–Crippen LogP) is 3.03. The molecule has 0 aliphatic carbocycles. The largest absolute Gasteiger partial charge is 1.00 e. The second kappa shape index (κ2) is 20.8. The Kier molecular flexibility index (Phi) is 17.0. The molecule has 0 saturated carbocycles. The van der Waals surface area contributed by atoms with Crippen LogP contribution in [0.15, 0.2) is 66.9 Å². The second-order valence-corrected chi connectivity index (χ2v) is 16.9. The molecular weight excluding hydrogens is 889 g/mol. The van der Waals surface area contributed by atoms with Gasteiger partial charge in [0, 0.05) is 18.2 Å². The minimum absolute atomic E-state index is 0. The van der Waals surface area contributed by atoms with Crippen LogP contribution in [0.2, 0.25) is 0 Å². The fraction of sp³-hybridized carbons (Fsp3) is 0.465. The van der Waals surface area contributed by atoms with Crippen molar-refractivity contribution in [3.63, 3.8) is 0 Å². The highest BCUT2D eigenvalue weighted by atomic mass is 127. The fourth-order valence-electron chi connectivity index (χ4n) is 5.63. The van der Waals surface area contributed by atoms with Crippen molar-refractivity contribution in [2.75, 3.05) is 18.5 Å². The van der Waals surface area contributed by atoms with E-state index in [9.17, 15) is 28.8 Å². The molecule has 16 nitrogen and oxygen atoms in total. The van der Waals surface area contributed by atoms with E-state index in [1.165, 1.54) is 12.1 Å². The monoisotopic (exact) mass is 945 g/mol. The molecule has 2 atom stereocenters. The molecule has 0 fully saturated rings. The van der Waals surface area contributed by atoms with Crippen molar-refractivity contribution in [1.82, 2.24) is 15.7 Å². The summed E-state index contributed by atoms with van der Waals surface area (Å²) in [7, 11) is 1.76. The van der Waals surface area contributed by atoms with Gasteiger partial charge in [-0.1, -0.05) is 24.3 Å². The number of amides is 5. The van der Waals surface area contributed by atoms with Crippen molar-refractivity contribution < 1.29 is 81.1 Å². The number of nitrogens with zero attached hydrogens (tertiary/aromatic N) is 2. The van der Waals surface area contributed by atoms with Crippen LogP contribution in [0.25, 0.3) is 11.1 Å². The molecule has 1 aliphatic rings. The standard InChI is InChI=1S/C43H55N5O11.HI/c1-41(2,3)56-38(52)33(59-48-36(50)30-15-11-12-16-31(30)37(48)51)26-55-29-21-18-27(19-22-29)28-20-23-34(47(10)25-28)46-35(49)32(45-40(54)58-43(7,8)9)17-13-14-24-44-39(53)57-42(4,5)6;/h11-12,15-16,18-23,25,32-33H,13-14,17,24,26H2,1-10H3,(H2,44,45,53,54);1H. The number of imide groups is 1. The number of carbonyl (C=O) groups is 6. The number of alkyl carbamates (subject to hydrolysis) is 2. The van der Waals surface area contributed by atoms with Gasteiger partial charge >= 0.3 is 24.1 Å². The molecule has 326 valence electrons. The first-order valence-corrected chi connectivity index (χ1v) is 19.4. The number of rotatable bonds is 15. The average molecular weight is 946 g/mol. The van der Waals surface area contributed by atoms with E-state index < -0.39 is 64.8 Å². The van der Waals surface area contributed by atoms with E-state index in [0.29, 0.717) is 36.0 Å². The molecule has 0 bridgehead atoms. The summed E-state index contributed by atoms with van der Waals surface area (Å²) in [5, 5.41) is 8.81. The molecule has 1 aliphatic heterocycles. The van der Waals surface area contributed by atoms with Gasteiger partial charge in [-0.25, -0.2) is 33.9 Å². The Hall–Kier alpha value is -5.30. The maximum atomic E-state index is 13.5. The van der Waals surface area contributed by atoms with Crippen LogP contribution in [0.1, 0.15) is 102 Å². The minimum Gasteiger partial charge on any atom is -1.00 e. The van der Waals surface area contributed by atoms with Gasteiger partial charge in [0.15, 0.2) is 0 Å². The molecule has 1 aromatic heterocycles. The second-order valence-electron chi connectivity index (χ2n) is 16.9. The zero-order valence-electron chi connectivity index (χ0n) is 35.8. The topological polar surface area (TPSA) is 192 Å². The molecule has 4 rings (SSSR count). The number of hydrogen-bond acceptors (Lipinski definition) is 11. The number of aryl methyl sites for hydroxylation is 1. The number of aromatic nitrogens is 1. The van der Waals surface area contributed by atoms with Gasteiger partial charge < -0.3 is 53.6 Å². The van der Waals surface area contributed by atoms with Gasteiger partial charge in [-0.15, -0.1) is 5.06 Å². The number of fused-ring (bicyclic) bond motifs is 1. The molecule has 0 spiro atoms. The number of halogens is 1. The van der Waals surface area contributed by atoms with Gasteiger partial charge in [0.1, 0.15) is 35.2 Å². The third-order valence-corrected chi connectivity index (χ3v) is 8.23. The van der Waals surface area contributed by atoms with Crippen LogP contribution in [-0.4, -0.2) is 83.0 Å². The maximum Gasteiger partial charge on any atom is 0.408 e. The van der Waals surface area contributed by atoms with Crippen LogP contribution >= 0.6 is 0 Å². The lowest BCUT2D eigenvalue weighted by Crippen LogP contribution is -3.00. The van der Waals surface area contributed by atoms with Crippen LogP contribution in [-0.2, 0) is 35.7 Å². The summed E-state index contributed by atoms with van der Waals surface area (Å²) in [5.41, 5.74) is -0.324. The molecular formula is C43H56IN5O11. The summed E-state index contributed by atoms with van der Waals surface area (Å²) in [4.78, 5) is 82.8. The summed E-state index contributed by atoms with van der Waals surface area (Å²) in [5.74, 6) is -1.80. The fourth-order valence-corrected chi connectivity index (χ4v) is 5.63. The van der Waals surface area contributed by atoms with Gasteiger partial charge in [-0.2, -0.15) is 0 Å². The molecule has 0 radical (unpaired) electrons. The summed E-state index contributed by atoms with van der Waals surface area (Å²) < 4.78 is 23.8. The predicted molar refractivity (Wildman–Crippen MR) is 216 cm³/mol. The number of nitrogens with one attached hydrogen (secondary N) is 3. The number of anilines is 1. The number of carbonyl (C=O) groups excluding carboxylic acids is 6. The van der Waals surface area contributed by atoms with Gasteiger partial charge in [0.05, 0.1) is 24.4 Å². The lowest BCUT2D eigenvalue weighted by atomic mass is 10.1. The summed E-state index contributed by atoms with van der Waals surface area (Å²) >= 11 is 0. The molecule has 60 heavy (non-hydrogen) atoms. The number of pyridine rings is 1. The van der Waals surface area contributed by atoms with Crippen LogP contribution < -0.4 is 49.2 Å². The van der Waals surface area contributed by atoms with Crippen molar-refractivity contribution in [3.8, 4) is 16.9 Å². The maximum absolute atomic E-state index is 13.5. The first kappa shape index (κ1) is 49.1. The van der Waals surface area contributed by atoms with Crippen molar-refractivity contribution >= 4 is 41.7 Å². The van der Waals surface area contributed by atoms with Crippen LogP contribution in [0, 0.1) is 0 Å². The summed E-state index contributed by atoms with van der Waals surface area (Å²) in [6, 6.07) is 15.9. The smallest absolute Gasteiger partial charge is 0.408 e. The summed E-state index contributed by atoms with van der Waals surface area (Å²) in [6.07, 6.45) is 0.445. The minimum atomic E-state index is -1.45. The van der Waals surface area contributed by atoms with Gasteiger partial charge in [0.2, 0.25) is 6.10 Å². The van der Waals surface area contributed by atoms with E-state index in [1.807, 2.05) is 12.3 Å². The Balaban J connectivity index is 0.00000961. The highest BCUT2D eigenvalue weighted by molar-refractivity contribution is 6.20. The molecule has 3 N–H and O–H groups in total. The lowest BCUT2D eigenvalue weighted by Gasteiger charge is -2.26. The van der Waals surface area contributed by atoms with Crippen molar-refractivity contribution in [1.29, 1.82) is 0 Å². The highest BCUT2D eigenvalue weighted by Gasteiger charge is 2.41. The van der Waals surface area contributed by atoms with Crippen molar-refractivity contribution in [2.45, 2.75) is 111 Å².